The van der Waals surface area contributed by atoms with Gasteiger partial charge in [0.25, 0.3) is 5.91 Å². The van der Waals surface area contributed by atoms with Crippen LogP contribution >= 0.6 is 0 Å². The van der Waals surface area contributed by atoms with Gasteiger partial charge >= 0.3 is 5.97 Å². The topological polar surface area (TPSA) is 60.8 Å². The van der Waals surface area contributed by atoms with Gasteiger partial charge in [-0.15, -0.1) is 0 Å². The Morgan fingerprint density at radius 3 is 2.29 bits per heavy atom. The quantitative estimate of drug-likeness (QED) is 0.760. The van der Waals surface area contributed by atoms with Crippen LogP contribution in [0.1, 0.15) is 41.2 Å². The lowest BCUT2D eigenvalue weighted by molar-refractivity contribution is -0.146. The van der Waals surface area contributed by atoms with E-state index in [1.807, 2.05) is 63.5 Å². The molecule has 0 N–H and O–H groups in total. The molecule has 1 aliphatic heterocycles. The molecule has 6 heteroatoms. The fourth-order valence-corrected chi connectivity index (χ4v) is 3.74. The first-order valence-corrected chi connectivity index (χ1v) is 9.62. The summed E-state index contributed by atoms with van der Waals surface area (Å²) in [4.78, 5) is 26.7. The summed E-state index contributed by atoms with van der Waals surface area (Å²) in [6.45, 7) is 10.5. The highest BCUT2D eigenvalue weighted by Crippen LogP contribution is 2.22. The van der Waals surface area contributed by atoms with E-state index in [0.29, 0.717) is 18.7 Å². The van der Waals surface area contributed by atoms with E-state index in [4.69, 9.17) is 9.47 Å². The van der Waals surface area contributed by atoms with Gasteiger partial charge in [0.15, 0.2) is 6.61 Å². The second-order valence-electron chi connectivity index (χ2n) is 7.59. The minimum atomic E-state index is -0.478. The number of nitrogens with zero attached hydrogens (tertiary/aromatic N) is 2. The molecule has 1 amide bonds. The molecule has 6 nitrogen and oxygen atoms in total. The van der Waals surface area contributed by atoms with E-state index >= 15 is 0 Å². The van der Waals surface area contributed by atoms with E-state index in [-0.39, 0.29) is 24.7 Å². The minimum absolute atomic E-state index is 0.0168. The molecule has 0 aliphatic carbocycles. The van der Waals surface area contributed by atoms with Crippen molar-refractivity contribution in [3.63, 3.8) is 0 Å². The van der Waals surface area contributed by atoms with Gasteiger partial charge in [0.2, 0.25) is 0 Å². The van der Waals surface area contributed by atoms with Crippen molar-refractivity contribution in [1.29, 1.82) is 0 Å². The largest absolute Gasteiger partial charge is 0.452 e. The third-order valence-corrected chi connectivity index (χ3v) is 5.04. The molecule has 0 saturated carbocycles. The van der Waals surface area contributed by atoms with Gasteiger partial charge in [0.05, 0.1) is 17.8 Å². The van der Waals surface area contributed by atoms with Gasteiger partial charge in [-0.1, -0.05) is 17.7 Å². The number of rotatable bonds is 4. The van der Waals surface area contributed by atoms with Gasteiger partial charge < -0.3 is 18.9 Å². The number of aromatic nitrogens is 1. The number of carbonyl (C=O) groups is 2. The predicted molar refractivity (Wildman–Crippen MR) is 107 cm³/mol. The third-order valence-electron chi connectivity index (χ3n) is 5.04. The van der Waals surface area contributed by atoms with Gasteiger partial charge in [-0.25, -0.2) is 4.79 Å². The molecule has 150 valence electrons. The lowest BCUT2D eigenvalue weighted by Crippen LogP contribution is -2.49. The maximum absolute atomic E-state index is 12.6. The smallest absolute Gasteiger partial charge is 0.340 e. The SMILES string of the molecule is Cc1ccc(-n2c(C)cc(C(=O)OCC(=O)N3C[C@@H](C)O[C@H](C)C3)c2C)cc1. The lowest BCUT2D eigenvalue weighted by atomic mass is 10.2. The molecule has 0 radical (unpaired) electrons. The van der Waals surface area contributed by atoms with Crippen molar-refractivity contribution >= 4 is 11.9 Å². The molecule has 0 unspecified atom stereocenters. The van der Waals surface area contributed by atoms with Crippen molar-refractivity contribution in [2.75, 3.05) is 19.7 Å². The average molecular weight is 384 g/mol. The van der Waals surface area contributed by atoms with Crippen LogP contribution in [0.5, 0.6) is 0 Å². The van der Waals surface area contributed by atoms with E-state index in [1.165, 1.54) is 5.56 Å². The number of amides is 1. The lowest BCUT2D eigenvalue weighted by Gasteiger charge is -2.35. The Morgan fingerprint density at radius 1 is 1.07 bits per heavy atom. The molecule has 0 spiro atoms. The van der Waals surface area contributed by atoms with Crippen LogP contribution in [0.2, 0.25) is 0 Å². The van der Waals surface area contributed by atoms with Crippen LogP contribution in [-0.4, -0.2) is 53.2 Å². The zero-order valence-corrected chi connectivity index (χ0v) is 17.2. The van der Waals surface area contributed by atoms with Crippen LogP contribution in [0.4, 0.5) is 0 Å². The Balaban J connectivity index is 1.69. The molecule has 2 heterocycles. The first-order chi connectivity index (χ1) is 13.3. The van der Waals surface area contributed by atoms with Crippen molar-refractivity contribution in [3.8, 4) is 5.69 Å². The van der Waals surface area contributed by atoms with E-state index in [0.717, 1.165) is 17.1 Å². The van der Waals surface area contributed by atoms with Crippen LogP contribution in [0.25, 0.3) is 5.69 Å². The van der Waals surface area contributed by atoms with Crippen LogP contribution in [0, 0.1) is 20.8 Å². The Labute approximate surface area is 166 Å². The van der Waals surface area contributed by atoms with E-state index < -0.39 is 5.97 Å². The first-order valence-electron chi connectivity index (χ1n) is 9.62. The number of ether oxygens (including phenoxy) is 2. The van der Waals surface area contributed by atoms with Gasteiger partial charge in [0, 0.05) is 30.2 Å². The van der Waals surface area contributed by atoms with Crippen molar-refractivity contribution in [1.82, 2.24) is 9.47 Å². The fourth-order valence-electron chi connectivity index (χ4n) is 3.74. The van der Waals surface area contributed by atoms with Gasteiger partial charge in [0.1, 0.15) is 0 Å². The molecular formula is C22H28N2O4. The highest BCUT2D eigenvalue weighted by molar-refractivity contribution is 5.93. The predicted octanol–water partition coefficient (Wildman–Crippen LogP) is 3.20. The number of benzene rings is 1. The summed E-state index contributed by atoms with van der Waals surface area (Å²) in [5, 5.41) is 0. The van der Waals surface area contributed by atoms with Crippen LogP contribution in [0.3, 0.4) is 0 Å². The van der Waals surface area contributed by atoms with Gasteiger partial charge in [-0.05, 0) is 52.8 Å². The average Bonchev–Trinajstić information content (AvgIpc) is 2.94. The first kappa shape index (κ1) is 20.1. The Hall–Kier alpha value is -2.60. The molecule has 1 aromatic carbocycles. The summed E-state index contributed by atoms with van der Waals surface area (Å²) in [6, 6.07) is 9.93. The molecular weight excluding hydrogens is 356 g/mol. The third kappa shape index (κ3) is 4.28. The number of carbonyl (C=O) groups excluding carboxylic acids is 2. The highest BCUT2D eigenvalue weighted by atomic mass is 16.5. The Morgan fingerprint density at radius 2 is 1.68 bits per heavy atom. The van der Waals surface area contributed by atoms with Crippen molar-refractivity contribution in [2.24, 2.45) is 0 Å². The normalized spacial score (nSPS) is 19.5. The van der Waals surface area contributed by atoms with Gasteiger partial charge in [-0.3, -0.25) is 4.79 Å². The Bertz CT molecular complexity index is 859. The maximum Gasteiger partial charge on any atom is 0.340 e. The molecule has 3 rings (SSSR count). The summed E-state index contributed by atoms with van der Waals surface area (Å²) < 4.78 is 13.0. The van der Waals surface area contributed by atoms with Crippen LogP contribution in [0.15, 0.2) is 30.3 Å². The summed E-state index contributed by atoms with van der Waals surface area (Å²) >= 11 is 0. The van der Waals surface area contributed by atoms with E-state index in [2.05, 4.69) is 0 Å². The summed E-state index contributed by atoms with van der Waals surface area (Å²) in [5.74, 6) is -0.670. The monoisotopic (exact) mass is 384 g/mol. The van der Waals surface area contributed by atoms with E-state index in [9.17, 15) is 9.59 Å². The molecule has 2 aromatic rings. The van der Waals surface area contributed by atoms with Crippen LogP contribution < -0.4 is 0 Å². The summed E-state index contributed by atoms with van der Waals surface area (Å²) in [5.41, 5.74) is 4.39. The molecule has 1 aromatic heterocycles. The van der Waals surface area contributed by atoms with Crippen molar-refractivity contribution < 1.29 is 19.1 Å². The molecule has 1 fully saturated rings. The highest BCUT2D eigenvalue weighted by Gasteiger charge is 2.27. The maximum atomic E-state index is 12.6. The number of morpholine rings is 1. The Kier molecular flexibility index (Phi) is 5.89. The van der Waals surface area contributed by atoms with Crippen LogP contribution in [-0.2, 0) is 14.3 Å². The minimum Gasteiger partial charge on any atom is -0.452 e. The second kappa shape index (κ2) is 8.19. The second-order valence-corrected chi connectivity index (χ2v) is 7.59. The zero-order chi connectivity index (χ0) is 20.4. The van der Waals surface area contributed by atoms with Crippen molar-refractivity contribution in [3.05, 3.63) is 52.8 Å². The zero-order valence-electron chi connectivity index (χ0n) is 17.2. The van der Waals surface area contributed by atoms with Crippen molar-refractivity contribution in [2.45, 2.75) is 46.8 Å². The number of esters is 1. The fraction of sp³-hybridized carbons (Fsp3) is 0.455. The van der Waals surface area contributed by atoms with E-state index in [1.54, 1.807) is 11.0 Å². The molecule has 1 saturated heterocycles. The molecule has 1 aliphatic rings. The molecule has 0 bridgehead atoms. The molecule has 28 heavy (non-hydrogen) atoms. The molecule has 2 atom stereocenters. The summed E-state index contributed by atoms with van der Waals surface area (Å²) in [7, 11) is 0. The number of hydrogen-bond donors (Lipinski definition) is 0. The number of aryl methyl sites for hydroxylation is 2. The summed E-state index contributed by atoms with van der Waals surface area (Å²) in [6.07, 6.45) is -0.0336. The van der Waals surface area contributed by atoms with Gasteiger partial charge in [-0.2, -0.15) is 0 Å². The number of hydrogen-bond acceptors (Lipinski definition) is 4. The standard InChI is InChI=1S/C22H28N2O4/c1-14-6-8-19(9-7-14)24-15(2)10-20(18(24)5)22(26)27-13-21(25)23-11-16(3)28-17(4)12-23/h6-10,16-17H,11-13H2,1-5H3/t16-,17-/m1/s1.